The first kappa shape index (κ1) is 22.6. The van der Waals surface area contributed by atoms with E-state index in [-0.39, 0.29) is 30.0 Å². The van der Waals surface area contributed by atoms with Crippen molar-refractivity contribution in [3.63, 3.8) is 0 Å². The van der Waals surface area contributed by atoms with Crippen molar-refractivity contribution in [3.05, 3.63) is 17.2 Å². The highest BCUT2D eigenvalue weighted by Crippen LogP contribution is 2.34. The van der Waals surface area contributed by atoms with Gasteiger partial charge in [-0.05, 0) is 18.6 Å². The Kier molecular flexibility index (Phi) is 7.97. The maximum absolute atomic E-state index is 11.9. The summed E-state index contributed by atoms with van der Waals surface area (Å²) in [5, 5.41) is 11.9. The molecule has 0 spiro atoms. The molecule has 3 amide bonds. The van der Waals surface area contributed by atoms with E-state index in [9.17, 15) is 27.9 Å². The lowest BCUT2D eigenvalue weighted by atomic mass is 10.1. The zero-order chi connectivity index (χ0) is 20.8. The first-order valence-corrected chi connectivity index (χ1v) is 9.41. The van der Waals surface area contributed by atoms with Gasteiger partial charge in [0, 0.05) is 17.9 Å². The Morgan fingerprint density at radius 2 is 1.85 bits per heavy atom. The number of phenolic OH excluding ortho intramolecular Hbond substituents is 1. The minimum atomic E-state index is -4.76. The SMILES string of the molecule is CCC(=O)NNC(=O)[C@@H](N)CCC(=O)Nc1cc(Cl)cc(S(=O)(=O)O)c1O. The Labute approximate surface area is 160 Å². The van der Waals surface area contributed by atoms with E-state index in [0.717, 1.165) is 12.1 Å². The molecule has 1 rings (SSSR count). The van der Waals surface area contributed by atoms with E-state index in [1.807, 2.05) is 0 Å². The lowest BCUT2D eigenvalue weighted by Gasteiger charge is -2.13. The molecule has 0 heterocycles. The summed E-state index contributed by atoms with van der Waals surface area (Å²) in [6, 6.07) is 0.789. The van der Waals surface area contributed by atoms with E-state index >= 15 is 0 Å². The second kappa shape index (κ2) is 9.50. The minimum Gasteiger partial charge on any atom is -0.504 e. The number of aromatic hydroxyl groups is 1. The smallest absolute Gasteiger partial charge is 0.298 e. The molecule has 0 aliphatic rings. The monoisotopic (exact) mass is 422 g/mol. The first-order valence-electron chi connectivity index (χ1n) is 7.59. The number of nitrogens with one attached hydrogen (secondary N) is 3. The van der Waals surface area contributed by atoms with E-state index in [0.29, 0.717) is 0 Å². The number of rotatable bonds is 7. The molecule has 1 aromatic rings. The van der Waals surface area contributed by atoms with Gasteiger partial charge in [-0.15, -0.1) is 0 Å². The van der Waals surface area contributed by atoms with Crippen LogP contribution in [0.2, 0.25) is 5.02 Å². The van der Waals surface area contributed by atoms with Gasteiger partial charge >= 0.3 is 0 Å². The summed E-state index contributed by atoms with van der Waals surface area (Å²) in [6.07, 6.45) is -0.206. The first-order chi connectivity index (χ1) is 12.5. The number of phenols is 1. The van der Waals surface area contributed by atoms with E-state index in [4.69, 9.17) is 21.9 Å². The minimum absolute atomic E-state index is 0.105. The number of carbonyl (C=O) groups is 3. The fraction of sp³-hybridized carbons (Fsp3) is 0.357. The number of hydrogen-bond donors (Lipinski definition) is 6. The van der Waals surface area contributed by atoms with Crippen molar-refractivity contribution in [1.82, 2.24) is 10.9 Å². The van der Waals surface area contributed by atoms with Crippen molar-refractivity contribution < 1.29 is 32.5 Å². The zero-order valence-electron chi connectivity index (χ0n) is 14.2. The predicted octanol–water partition coefficient (Wildman–Crippen LogP) is -0.104. The molecule has 27 heavy (non-hydrogen) atoms. The zero-order valence-corrected chi connectivity index (χ0v) is 15.7. The van der Waals surface area contributed by atoms with E-state index in [1.54, 1.807) is 6.92 Å². The third-order valence-electron chi connectivity index (χ3n) is 3.26. The summed E-state index contributed by atoms with van der Waals surface area (Å²) in [5.74, 6) is -2.71. The number of hydrogen-bond acceptors (Lipinski definition) is 7. The van der Waals surface area contributed by atoms with Crippen LogP contribution in [0.5, 0.6) is 5.75 Å². The number of nitrogens with two attached hydrogens (primary N) is 1. The van der Waals surface area contributed by atoms with Crippen LogP contribution in [-0.2, 0) is 24.5 Å². The molecule has 0 aliphatic carbocycles. The normalized spacial score (nSPS) is 12.1. The lowest BCUT2D eigenvalue weighted by Crippen LogP contribution is -2.49. The van der Waals surface area contributed by atoms with Gasteiger partial charge in [0.2, 0.25) is 11.8 Å². The van der Waals surface area contributed by atoms with Crippen LogP contribution in [0.1, 0.15) is 26.2 Å². The summed E-state index contributed by atoms with van der Waals surface area (Å²) >= 11 is 5.71. The van der Waals surface area contributed by atoms with Crippen molar-refractivity contribution in [3.8, 4) is 5.75 Å². The van der Waals surface area contributed by atoms with Crippen LogP contribution in [-0.4, -0.2) is 41.8 Å². The van der Waals surface area contributed by atoms with Gasteiger partial charge in [0.05, 0.1) is 11.7 Å². The number of halogens is 1. The highest BCUT2D eigenvalue weighted by Gasteiger charge is 2.21. The number of anilines is 1. The quantitative estimate of drug-likeness (QED) is 0.199. The van der Waals surface area contributed by atoms with Crippen LogP contribution in [0.4, 0.5) is 5.69 Å². The van der Waals surface area contributed by atoms with Crippen LogP contribution in [0, 0.1) is 0 Å². The summed E-state index contributed by atoms with van der Waals surface area (Å²) in [5.41, 5.74) is 9.48. The summed E-state index contributed by atoms with van der Waals surface area (Å²) in [6.45, 7) is 1.59. The highest BCUT2D eigenvalue weighted by molar-refractivity contribution is 7.86. The topological polar surface area (TPSA) is 188 Å². The molecule has 0 aromatic heterocycles. The largest absolute Gasteiger partial charge is 0.504 e. The number of hydrazine groups is 1. The van der Waals surface area contributed by atoms with Crippen LogP contribution in [0.25, 0.3) is 0 Å². The van der Waals surface area contributed by atoms with Gasteiger partial charge in [-0.3, -0.25) is 29.8 Å². The molecule has 150 valence electrons. The van der Waals surface area contributed by atoms with Gasteiger partial charge in [0.1, 0.15) is 4.90 Å². The molecule has 7 N–H and O–H groups in total. The maximum atomic E-state index is 11.9. The molecule has 11 nitrogen and oxygen atoms in total. The maximum Gasteiger partial charge on any atom is 0.298 e. The Morgan fingerprint density at radius 3 is 2.41 bits per heavy atom. The van der Waals surface area contributed by atoms with Gasteiger partial charge < -0.3 is 16.2 Å². The third kappa shape index (κ3) is 7.02. The second-order valence-corrected chi connectivity index (χ2v) is 7.19. The standard InChI is InChI=1S/C14H19ClN4O7S/c1-2-11(20)18-19-14(23)8(16)3-4-12(21)17-9-5-7(15)6-10(13(9)22)27(24,25)26/h5-6,8,22H,2-4,16H2,1H3,(H,17,21)(H,18,20)(H,19,23)(H,24,25,26)/t8-/m0/s1. The average molecular weight is 423 g/mol. The van der Waals surface area contributed by atoms with Crippen molar-refractivity contribution in [2.24, 2.45) is 5.73 Å². The van der Waals surface area contributed by atoms with Gasteiger partial charge in [-0.2, -0.15) is 8.42 Å². The fourth-order valence-electron chi connectivity index (χ4n) is 1.81. The molecule has 1 atom stereocenters. The van der Waals surface area contributed by atoms with Crippen LogP contribution < -0.4 is 21.9 Å². The van der Waals surface area contributed by atoms with E-state index in [1.165, 1.54) is 0 Å². The molecule has 1 aromatic carbocycles. The molecule has 13 heteroatoms. The molecule has 0 saturated carbocycles. The second-order valence-electron chi connectivity index (χ2n) is 5.36. The average Bonchev–Trinajstić information content (AvgIpc) is 2.58. The molecule has 0 aliphatic heterocycles. The molecule has 0 saturated heterocycles. The summed E-state index contributed by atoms with van der Waals surface area (Å²) < 4.78 is 31.4. The van der Waals surface area contributed by atoms with Gasteiger partial charge in [0.15, 0.2) is 5.75 Å². The summed E-state index contributed by atoms with van der Waals surface area (Å²) in [7, 11) is -4.76. The van der Waals surface area contributed by atoms with Crippen molar-refractivity contribution >= 4 is 45.1 Å². The lowest BCUT2D eigenvalue weighted by molar-refractivity contribution is -0.129. The van der Waals surface area contributed by atoms with Crippen LogP contribution >= 0.6 is 11.6 Å². The molecular weight excluding hydrogens is 404 g/mol. The Bertz CT molecular complexity index is 844. The van der Waals surface area contributed by atoms with Crippen molar-refractivity contribution in [2.45, 2.75) is 37.1 Å². The third-order valence-corrected chi connectivity index (χ3v) is 4.34. The van der Waals surface area contributed by atoms with Crippen molar-refractivity contribution in [1.29, 1.82) is 0 Å². The fourth-order valence-corrected chi connectivity index (χ4v) is 2.72. The van der Waals surface area contributed by atoms with Gasteiger partial charge in [-0.25, -0.2) is 0 Å². The number of carbonyl (C=O) groups excluding carboxylic acids is 3. The molecular formula is C14H19ClN4O7S. The van der Waals surface area contributed by atoms with Gasteiger partial charge in [-0.1, -0.05) is 18.5 Å². The number of amides is 3. The summed E-state index contributed by atoms with van der Waals surface area (Å²) in [4.78, 5) is 33.8. The Hall–Kier alpha value is -2.41. The number of benzene rings is 1. The van der Waals surface area contributed by atoms with Crippen LogP contribution in [0.3, 0.4) is 0 Å². The molecule has 0 fully saturated rings. The molecule has 0 radical (unpaired) electrons. The van der Waals surface area contributed by atoms with E-state index < -0.39 is 44.5 Å². The van der Waals surface area contributed by atoms with Gasteiger partial charge in [0.25, 0.3) is 16.0 Å². The van der Waals surface area contributed by atoms with Crippen LogP contribution in [0.15, 0.2) is 17.0 Å². The highest BCUT2D eigenvalue weighted by atomic mass is 35.5. The Balaban J connectivity index is 2.69. The predicted molar refractivity (Wildman–Crippen MR) is 95.3 cm³/mol. The van der Waals surface area contributed by atoms with Crippen molar-refractivity contribution in [2.75, 3.05) is 5.32 Å². The Morgan fingerprint density at radius 1 is 1.22 bits per heavy atom. The molecule has 0 bridgehead atoms. The molecule has 0 unspecified atom stereocenters. The van der Waals surface area contributed by atoms with E-state index in [2.05, 4.69) is 16.2 Å².